The van der Waals surface area contributed by atoms with Gasteiger partial charge in [-0.05, 0) is 6.72 Å². The van der Waals surface area contributed by atoms with E-state index in [-0.39, 0.29) is 13.2 Å². The molecule has 0 spiro atoms. The number of aldehydes is 1. The van der Waals surface area contributed by atoms with Gasteiger partial charge in [0, 0.05) is 14.2 Å². The fraction of sp³-hybridized carbons (Fsp3) is 0.714. The van der Waals surface area contributed by atoms with Crippen molar-refractivity contribution in [2.24, 2.45) is 4.99 Å². The molecule has 72 valence electrons. The molecule has 1 N–H and O–H groups in total. The van der Waals surface area contributed by atoms with Crippen molar-refractivity contribution in [2.75, 3.05) is 27.4 Å². The number of nitrogens with zero attached hydrogens (tertiary/aromatic N) is 1. The molecule has 0 fully saturated rings. The zero-order valence-corrected chi connectivity index (χ0v) is 7.40. The van der Waals surface area contributed by atoms with Gasteiger partial charge in [0.25, 0.3) is 0 Å². The van der Waals surface area contributed by atoms with Crippen LogP contribution >= 0.6 is 0 Å². The zero-order chi connectivity index (χ0) is 9.82. The molecule has 12 heavy (non-hydrogen) atoms. The first-order chi connectivity index (χ1) is 5.72. The molecule has 0 saturated carbocycles. The number of carbonyl (C=O) groups is 1. The van der Waals surface area contributed by atoms with Gasteiger partial charge in [-0.1, -0.05) is 0 Å². The number of hydrogen-bond acceptors (Lipinski definition) is 5. The van der Waals surface area contributed by atoms with Crippen LogP contribution < -0.4 is 0 Å². The first kappa shape index (κ1) is 13.8. The molecule has 5 nitrogen and oxygen atoms in total. The Balaban J connectivity index is 0. The summed E-state index contributed by atoms with van der Waals surface area (Å²) in [5, 5.41) is 8.50. The first-order valence-corrected chi connectivity index (χ1v) is 3.28. The molecule has 1 atom stereocenters. The van der Waals surface area contributed by atoms with E-state index < -0.39 is 6.29 Å². The standard InChI is InChI=1S/C4H9NO2.C3H6O2/c1-5-3-4(6)7-2;1-5-3-2-4/h4,6H,1,3H2,2H3;2H,3H2,1H3. The highest BCUT2D eigenvalue weighted by Gasteiger charge is 1.93. The molecule has 0 rings (SSSR count). The molecule has 0 aliphatic carbocycles. The maximum atomic E-state index is 9.28. The molecular formula is C7H15NO4. The third-order valence-corrected chi connectivity index (χ3v) is 0.792. The summed E-state index contributed by atoms with van der Waals surface area (Å²) >= 11 is 0. The van der Waals surface area contributed by atoms with Crippen molar-refractivity contribution in [3.63, 3.8) is 0 Å². The summed E-state index contributed by atoms with van der Waals surface area (Å²) in [5.41, 5.74) is 0. The average Bonchev–Trinajstić information content (AvgIpc) is 2.07. The second-order valence-corrected chi connectivity index (χ2v) is 1.72. The van der Waals surface area contributed by atoms with E-state index in [1.54, 1.807) is 0 Å². The first-order valence-electron chi connectivity index (χ1n) is 3.28. The van der Waals surface area contributed by atoms with Crippen LogP contribution in [-0.4, -0.2) is 51.8 Å². The molecule has 0 amide bonds. The number of aliphatic hydroxyl groups is 1. The largest absolute Gasteiger partial charge is 0.377 e. The second-order valence-electron chi connectivity index (χ2n) is 1.72. The summed E-state index contributed by atoms with van der Waals surface area (Å²) in [6, 6.07) is 0. The molecule has 5 heteroatoms. The van der Waals surface area contributed by atoms with Crippen LogP contribution in [0, 0.1) is 0 Å². The Bertz CT molecular complexity index is 108. The van der Waals surface area contributed by atoms with Crippen LogP contribution in [0.1, 0.15) is 0 Å². The normalized spacial score (nSPS) is 10.9. The number of methoxy groups -OCH3 is 2. The van der Waals surface area contributed by atoms with Gasteiger partial charge in [0.1, 0.15) is 12.9 Å². The van der Waals surface area contributed by atoms with E-state index in [4.69, 9.17) is 5.11 Å². The van der Waals surface area contributed by atoms with Gasteiger partial charge in [0.15, 0.2) is 6.29 Å². The molecule has 0 aromatic carbocycles. The summed E-state index contributed by atoms with van der Waals surface area (Å²) in [6.45, 7) is 3.61. The highest BCUT2D eigenvalue weighted by Crippen LogP contribution is 1.80. The smallest absolute Gasteiger partial charge is 0.173 e. The van der Waals surface area contributed by atoms with E-state index >= 15 is 0 Å². The van der Waals surface area contributed by atoms with Gasteiger partial charge in [-0.25, -0.2) is 0 Å². The van der Waals surface area contributed by atoms with Crippen molar-refractivity contribution in [1.29, 1.82) is 0 Å². The van der Waals surface area contributed by atoms with Crippen molar-refractivity contribution in [3.05, 3.63) is 0 Å². The number of ether oxygens (including phenoxy) is 2. The summed E-state index contributed by atoms with van der Waals surface area (Å²) in [5.74, 6) is 0. The molecule has 0 saturated heterocycles. The van der Waals surface area contributed by atoms with Crippen molar-refractivity contribution in [2.45, 2.75) is 6.29 Å². The van der Waals surface area contributed by atoms with Crippen molar-refractivity contribution >= 4 is 13.0 Å². The fourth-order valence-electron chi connectivity index (χ4n) is 0.253. The third-order valence-electron chi connectivity index (χ3n) is 0.792. The highest BCUT2D eigenvalue weighted by atomic mass is 16.6. The molecule has 1 unspecified atom stereocenters. The molecule has 0 aromatic heterocycles. The van der Waals surface area contributed by atoms with E-state index in [0.717, 1.165) is 0 Å². The van der Waals surface area contributed by atoms with Gasteiger partial charge in [-0.3, -0.25) is 4.99 Å². The molecule has 0 aliphatic rings. The minimum absolute atomic E-state index is 0.208. The quantitative estimate of drug-likeness (QED) is 0.348. The number of carbonyl (C=O) groups excluding carboxylic acids is 1. The van der Waals surface area contributed by atoms with Gasteiger partial charge < -0.3 is 19.4 Å². The van der Waals surface area contributed by atoms with Crippen LogP contribution in [0.15, 0.2) is 4.99 Å². The average molecular weight is 177 g/mol. The maximum Gasteiger partial charge on any atom is 0.173 e. The summed E-state index contributed by atoms with van der Waals surface area (Å²) in [7, 11) is 2.89. The minimum atomic E-state index is -0.780. The van der Waals surface area contributed by atoms with Crippen LogP contribution in [-0.2, 0) is 14.3 Å². The fourth-order valence-corrected chi connectivity index (χ4v) is 0.253. The Morgan fingerprint density at radius 3 is 2.33 bits per heavy atom. The molecule has 0 aliphatic heterocycles. The van der Waals surface area contributed by atoms with E-state index in [1.165, 1.54) is 14.2 Å². The van der Waals surface area contributed by atoms with E-state index in [9.17, 15) is 4.79 Å². The Hall–Kier alpha value is -0.780. The third kappa shape index (κ3) is 16.1. The van der Waals surface area contributed by atoms with Gasteiger partial charge in [-0.15, -0.1) is 0 Å². The Labute approximate surface area is 72.0 Å². The number of aliphatic hydroxyl groups excluding tert-OH is 1. The van der Waals surface area contributed by atoms with Crippen LogP contribution in [0.3, 0.4) is 0 Å². The van der Waals surface area contributed by atoms with E-state index in [1.807, 2.05) is 0 Å². The van der Waals surface area contributed by atoms with Gasteiger partial charge in [0.05, 0.1) is 6.54 Å². The van der Waals surface area contributed by atoms with Gasteiger partial charge in [-0.2, -0.15) is 0 Å². The lowest BCUT2D eigenvalue weighted by molar-refractivity contribution is -0.110. The zero-order valence-electron chi connectivity index (χ0n) is 7.40. The SMILES string of the molecule is C=NCC(O)OC.COCC=O. The van der Waals surface area contributed by atoms with E-state index in [2.05, 4.69) is 21.2 Å². The predicted octanol–water partition coefficient (Wildman–Crippen LogP) is -0.517. The van der Waals surface area contributed by atoms with Gasteiger partial charge in [0.2, 0.25) is 0 Å². The molecule has 0 heterocycles. The summed E-state index contributed by atoms with van der Waals surface area (Å²) in [4.78, 5) is 12.7. The molecule has 0 radical (unpaired) electrons. The summed E-state index contributed by atoms with van der Waals surface area (Å²) in [6.07, 6.45) is -0.0718. The summed E-state index contributed by atoms with van der Waals surface area (Å²) < 4.78 is 8.74. The van der Waals surface area contributed by atoms with Gasteiger partial charge >= 0.3 is 0 Å². The van der Waals surface area contributed by atoms with Crippen LogP contribution in [0.4, 0.5) is 0 Å². The molecular weight excluding hydrogens is 162 g/mol. The Morgan fingerprint density at radius 1 is 1.67 bits per heavy atom. The predicted molar refractivity (Wildman–Crippen MR) is 45.4 cm³/mol. The molecule has 0 aromatic rings. The van der Waals surface area contributed by atoms with Crippen LogP contribution in [0.5, 0.6) is 0 Å². The lowest BCUT2D eigenvalue weighted by Crippen LogP contribution is -2.11. The lowest BCUT2D eigenvalue weighted by Gasteiger charge is -2.00. The van der Waals surface area contributed by atoms with Crippen molar-refractivity contribution in [1.82, 2.24) is 0 Å². The Morgan fingerprint density at radius 2 is 2.25 bits per heavy atom. The second kappa shape index (κ2) is 12.9. The van der Waals surface area contributed by atoms with Crippen LogP contribution in [0.2, 0.25) is 0 Å². The van der Waals surface area contributed by atoms with E-state index in [0.29, 0.717) is 6.29 Å². The molecule has 0 bridgehead atoms. The highest BCUT2D eigenvalue weighted by molar-refractivity contribution is 5.50. The Kier molecular flexibility index (Phi) is 14.8. The number of rotatable bonds is 5. The lowest BCUT2D eigenvalue weighted by atomic mass is 10.6. The van der Waals surface area contributed by atoms with Crippen LogP contribution in [0.25, 0.3) is 0 Å². The minimum Gasteiger partial charge on any atom is -0.377 e. The number of aliphatic imine (C=N–C) groups is 1. The maximum absolute atomic E-state index is 9.28. The monoisotopic (exact) mass is 177 g/mol. The van der Waals surface area contributed by atoms with Crippen molar-refractivity contribution in [3.8, 4) is 0 Å². The number of hydrogen-bond donors (Lipinski definition) is 1. The van der Waals surface area contributed by atoms with Crippen molar-refractivity contribution < 1.29 is 19.4 Å². The topological polar surface area (TPSA) is 68.1 Å².